The molecule has 1 atom stereocenters. The van der Waals surface area contributed by atoms with Gasteiger partial charge in [-0.05, 0) is 34.1 Å². The second kappa shape index (κ2) is 11.7. The van der Waals surface area contributed by atoms with Crippen LogP contribution in [0.3, 0.4) is 0 Å². The molecule has 0 spiro atoms. The van der Waals surface area contributed by atoms with Gasteiger partial charge >= 0.3 is 0 Å². The zero-order chi connectivity index (χ0) is 17.4. The zero-order valence-corrected chi connectivity index (χ0v) is 18.1. The van der Waals surface area contributed by atoms with Gasteiger partial charge in [0.1, 0.15) is 5.76 Å². The van der Waals surface area contributed by atoms with E-state index in [0.717, 1.165) is 69.8 Å². The molecule has 1 aromatic heterocycles. The Morgan fingerprint density at radius 3 is 2.60 bits per heavy atom. The number of morpholine rings is 1. The van der Waals surface area contributed by atoms with Crippen molar-refractivity contribution >= 4 is 29.9 Å². The Kier molecular flexibility index (Phi) is 10.4. The summed E-state index contributed by atoms with van der Waals surface area (Å²) in [7, 11) is 0. The standard InChI is InChI=1S/C17H31N5O2.HI/c1-5-18-17(19-7-6-16-14(3)21-24-15(16)4)20-12-13(2)22-8-10-23-11-9-22;/h13H,5-12H2,1-4H3,(H2,18,19,20);1H. The third-order valence-corrected chi connectivity index (χ3v) is 4.38. The number of rotatable bonds is 7. The van der Waals surface area contributed by atoms with Crippen LogP contribution in [0.4, 0.5) is 0 Å². The molecule has 2 heterocycles. The molecule has 0 radical (unpaired) electrons. The van der Waals surface area contributed by atoms with Crippen LogP contribution in [0.25, 0.3) is 0 Å². The second-order valence-electron chi connectivity index (χ2n) is 6.20. The minimum Gasteiger partial charge on any atom is -0.379 e. The molecule has 0 saturated carbocycles. The summed E-state index contributed by atoms with van der Waals surface area (Å²) in [6.07, 6.45) is 0.880. The molecule has 7 nitrogen and oxygen atoms in total. The van der Waals surface area contributed by atoms with Crippen LogP contribution in [0.5, 0.6) is 0 Å². The number of aromatic nitrogens is 1. The number of nitrogens with one attached hydrogen (secondary N) is 2. The van der Waals surface area contributed by atoms with Crippen molar-refractivity contribution in [3.8, 4) is 0 Å². The molecule has 144 valence electrons. The van der Waals surface area contributed by atoms with Crippen molar-refractivity contribution in [1.29, 1.82) is 0 Å². The van der Waals surface area contributed by atoms with Crippen LogP contribution in [0.2, 0.25) is 0 Å². The van der Waals surface area contributed by atoms with E-state index in [1.165, 1.54) is 5.56 Å². The van der Waals surface area contributed by atoms with Gasteiger partial charge in [-0.2, -0.15) is 0 Å². The van der Waals surface area contributed by atoms with E-state index in [1.54, 1.807) is 0 Å². The first-order valence-corrected chi connectivity index (χ1v) is 8.87. The number of aryl methyl sites for hydroxylation is 2. The number of nitrogens with zero attached hydrogens (tertiary/aromatic N) is 3. The van der Waals surface area contributed by atoms with Crippen molar-refractivity contribution in [2.45, 2.75) is 40.2 Å². The maximum absolute atomic E-state index is 5.41. The van der Waals surface area contributed by atoms with Gasteiger partial charge in [-0.3, -0.25) is 9.89 Å². The lowest BCUT2D eigenvalue weighted by molar-refractivity contribution is 0.0220. The summed E-state index contributed by atoms with van der Waals surface area (Å²) >= 11 is 0. The summed E-state index contributed by atoms with van der Waals surface area (Å²) in [5.41, 5.74) is 2.15. The van der Waals surface area contributed by atoms with Crippen LogP contribution < -0.4 is 10.6 Å². The third kappa shape index (κ3) is 7.10. The molecule has 1 aliphatic rings. The van der Waals surface area contributed by atoms with E-state index in [-0.39, 0.29) is 24.0 Å². The number of aliphatic imine (C=N–C) groups is 1. The van der Waals surface area contributed by atoms with Gasteiger partial charge in [-0.1, -0.05) is 5.16 Å². The maximum atomic E-state index is 5.41. The van der Waals surface area contributed by atoms with E-state index in [1.807, 2.05) is 13.8 Å². The van der Waals surface area contributed by atoms with Crippen LogP contribution >= 0.6 is 24.0 Å². The van der Waals surface area contributed by atoms with Gasteiger partial charge in [-0.15, -0.1) is 24.0 Å². The molecule has 0 aliphatic carbocycles. The lowest BCUT2D eigenvalue weighted by atomic mass is 10.1. The van der Waals surface area contributed by atoms with Crippen molar-refractivity contribution in [3.05, 3.63) is 17.0 Å². The minimum absolute atomic E-state index is 0. The van der Waals surface area contributed by atoms with E-state index in [2.05, 4.69) is 34.5 Å². The molecular formula is C17H32IN5O2. The predicted molar refractivity (Wildman–Crippen MR) is 111 cm³/mol. The zero-order valence-electron chi connectivity index (χ0n) is 15.8. The largest absolute Gasteiger partial charge is 0.379 e. The molecule has 25 heavy (non-hydrogen) atoms. The van der Waals surface area contributed by atoms with E-state index in [0.29, 0.717) is 6.04 Å². The summed E-state index contributed by atoms with van der Waals surface area (Å²) in [6, 6.07) is 0.423. The number of halogens is 1. The summed E-state index contributed by atoms with van der Waals surface area (Å²) in [5.74, 6) is 1.77. The molecule has 1 fully saturated rings. The SMILES string of the molecule is CCNC(=NCC(C)N1CCOCC1)NCCc1c(C)noc1C.I. The normalized spacial score (nSPS) is 17.0. The summed E-state index contributed by atoms with van der Waals surface area (Å²) < 4.78 is 10.6. The molecule has 0 amide bonds. The molecule has 1 unspecified atom stereocenters. The highest BCUT2D eigenvalue weighted by molar-refractivity contribution is 14.0. The highest BCUT2D eigenvalue weighted by Crippen LogP contribution is 2.12. The van der Waals surface area contributed by atoms with Gasteiger partial charge in [0.2, 0.25) is 0 Å². The molecule has 1 saturated heterocycles. The average Bonchev–Trinajstić information content (AvgIpc) is 2.92. The van der Waals surface area contributed by atoms with Crippen molar-refractivity contribution < 1.29 is 9.26 Å². The molecular weight excluding hydrogens is 433 g/mol. The average molecular weight is 465 g/mol. The molecule has 1 aliphatic heterocycles. The minimum atomic E-state index is 0. The Bertz CT molecular complexity index is 510. The predicted octanol–water partition coefficient (Wildman–Crippen LogP) is 1.73. The van der Waals surface area contributed by atoms with Crippen LogP contribution in [-0.2, 0) is 11.2 Å². The van der Waals surface area contributed by atoms with Gasteiger partial charge < -0.3 is 19.9 Å². The maximum Gasteiger partial charge on any atom is 0.191 e. The Balaban J connectivity index is 0.00000312. The van der Waals surface area contributed by atoms with Gasteiger partial charge in [0.05, 0.1) is 25.5 Å². The molecule has 8 heteroatoms. The fourth-order valence-corrected chi connectivity index (χ4v) is 2.86. The van der Waals surface area contributed by atoms with Crippen molar-refractivity contribution in [2.75, 3.05) is 45.9 Å². The molecule has 0 aromatic carbocycles. The first kappa shape index (κ1) is 22.2. The molecule has 2 N–H and O–H groups in total. The highest BCUT2D eigenvalue weighted by atomic mass is 127. The highest BCUT2D eigenvalue weighted by Gasteiger charge is 2.16. The van der Waals surface area contributed by atoms with Gasteiger partial charge in [0.15, 0.2) is 5.96 Å². The van der Waals surface area contributed by atoms with Gasteiger partial charge in [0.25, 0.3) is 0 Å². The smallest absolute Gasteiger partial charge is 0.191 e. The molecule has 2 rings (SSSR count). The Hall–Kier alpha value is -0.870. The first-order valence-electron chi connectivity index (χ1n) is 8.87. The van der Waals surface area contributed by atoms with Crippen LogP contribution in [0.1, 0.15) is 30.9 Å². The Labute approximate surface area is 168 Å². The lowest BCUT2D eigenvalue weighted by Crippen LogP contribution is -2.44. The monoisotopic (exact) mass is 465 g/mol. The number of hydrogen-bond acceptors (Lipinski definition) is 5. The van der Waals surface area contributed by atoms with E-state index in [4.69, 9.17) is 14.3 Å². The fraction of sp³-hybridized carbons (Fsp3) is 0.765. The summed E-state index contributed by atoms with van der Waals surface area (Å²) in [5, 5.41) is 10.7. The number of hydrogen-bond donors (Lipinski definition) is 2. The summed E-state index contributed by atoms with van der Waals surface area (Å²) in [6.45, 7) is 14.3. The molecule has 1 aromatic rings. The van der Waals surface area contributed by atoms with Gasteiger partial charge in [0, 0.05) is 37.8 Å². The van der Waals surface area contributed by atoms with Gasteiger partial charge in [-0.25, -0.2) is 0 Å². The van der Waals surface area contributed by atoms with E-state index in [9.17, 15) is 0 Å². The number of ether oxygens (including phenoxy) is 1. The van der Waals surface area contributed by atoms with E-state index < -0.39 is 0 Å². The number of guanidine groups is 1. The third-order valence-electron chi connectivity index (χ3n) is 4.38. The van der Waals surface area contributed by atoms with Crippen molar-refractivity contribution in [2.24, 2.45) is 4.99 Å². The quantitative estimate of drug-likeness (QED) is 0.363. The van der Waals surface area contributed by atoms with Crippen molar-refractivity contribution in [1.82, 2.24) is 20.7 Å². The Morgan fingerprint density at radius 1 is 1.28 bits per heavy atom. The van der Waals surface area contributed by atoms with Crippen LogP contribution in [-0.4, -0.2) is 68.0 Å². The topological polar surface area (TPSA) is 74.9 Å². The first-order chi connectivity index (χ1) is 11.6. The fourth-order valence-electron chi connectivity index (χ4n) is 2.86. The summed E-state index contributed by atoms with van der Waals surface area (Å²) in [4.78, 5) is 7.16. The Morgan fingerprint density at radius 2 is 2.00 bits per heavy atom. The van der Waals surface area contributed by atoms with Crippen molar-refractivity contribution in [3.63, 3.8) is 0 Å². The van der Waals surface area contributed by atoms with Crippen LogP contribution in [0.15, 0.2) is 9.52 Å². The lowest BCUT2D eigenvalue weighted by Gasteiger charge is -2.31. The molecule has 0 bridgehead atoms. The second-order valence-corrected chi connectivity index (χ2v) is 6.20. The van der Waals surface area contributed by atoms with Crippen LogP contribution in [0, 0.1) is 13.8 Å². The van der Waals surface area contributed by atoms with E-state index >= 15 is 0 Å².